The van der Waals surface area contributed by atoms with Crippen LogP contribution in [-0.2, 0) is 6.54 Å². The van der Waals surface area contributed by atoms with E-state index in [1.165, 1.54) is 22.9 Å². The Kier molecular flexibility index (Phi) is 4.87. The van der Waals surface area contributed by atoms with Gasteiger partial charge in [-0.3, -0.25) is 10.1 Å². The van der Waals surface area contributed by atoms with E-state index in [4.69, 9.17) is 11.6 Å². The second kappa shape index (κ2) is 6.64. The van der Waals surface area contributed by atoms with Gasteiger partial charge >= 0.3 is 0 Å². The van der Waals surface area contributed by atoms with Gasteiger partial charge in [0, 0.05) is 18.7 Å². The number of benzene rings is 1. The summed E-state index contributed by atoms with van der Waals surface area (Å²) in [7, 11) is 0. The molecule has 0 fully saturated rings. The van der Waals surface area contributed by atoms with E-state index in [1.54, 1.807) is 6.20 Å². The van der Waals surface area contributed by atoms with Crippen molar-refractivity contribution in [2.75, 3.05) is 6.54 Å². The summed E-state index contributed by atoms with van der Waals surface area (Å²) in [6.07, 6.45) is 1.71. The number of rotatable bonds is 6. The van der Waals surface area contributed by atoms with Gasteiger partial charge in [-0.25, -0.2) is 4.68 Å². The standard InChI is InChI=1S/C13H16ClN5O2/c1-9(2)6-15-7-10-8-18(17-16-10)13-5-11(19(20)21)3-4-12(13)14/h3-5,8-9,15H,6-7H2,1-2H3. The first-order valence-electron chi connectivity index (χ1n) is 6.53. The predicted octanol–water partition coefficient (Wildman–Crippen LogP) is 2.57. The number of hydrogen-bond donors (Lipinski definition) is 1. The molecule has 8 heteroatoms. The SMILES string of the molecule is CC(C)CNCc1cn(-c2cc([N+](=O)[O-])ccc2Cl)nn1. The maximum atomic E-state index is 10.8. The molecule has 0 unspecified atom stereocenters. The minimum atomic E-state index is -0.470. The number of nitrogens with zero attached hydrogens (tertiary/aromatic N) is 4. The van der Waals surface area contributed by atoms with Crippen molar-refractivity contribution in [2.45, 2.75) is 20.4 Å². The normalized spacial score (nSPS) is 11.0. The molecule has 1 aromatic carbocycles. The first-order chi connectivity index (χ1) is 9.97. The van der Waals surface area contributed by atoms with Gasteiger partial charge in [0.1, 0.15) is 0 Å². The van der Waals surface area contributed by atoms with Crippen LogP contribution < -0.4 is 5.32 Å². The topological polar surface area (TPSA) is 85.9 Å². The van der Waals surface area contributed by atoms with Crippen LogP contribution in [0.3, 0.4) is 0 Å². The van der Waals surface area contributed by atoms with Crippen LogP contribution in [0.5, 0.6) is 0 Å². The van der Waals surface area contributed by atoms with Crippen LogP contribution in [0.1, 0.15) is 19.5 Å². The molecule has 21 heavy (non-hydrogen) atoms. The smallest absolute Gasteiger partial charge is 0.271 e. The van der Waals surface area contributed by atoms with Crippen molar-refractivity contribution < 1.29 is 4.92 Å². The summed E-state index contributed by atoms with van der Waals surface area (Å²) in [6.45, 7) is 5.70. The molecule has 0 saturated carbocycles. The first kappa shape index (κ1) is 15.4. The van der Waals surface area contributed by atoms with Gasteiger partial charge in [-0.15, -0.1) is 5.10 Å². The Morgan fingerprint density at radius 1 is 1.48 bits per heavy atom. The van der Waals surface area contributed by atoms with Crippen molar-refractivity contribution in [2.24, 2.45) is 5.92 Å². The van der Waals surface area contributed by atoms with E-state index in [0.717, 1.165) is 12.2 Å². The van der Waals surface area contributed by atoms with Crippen molar-refractivity contribution >= 4 is 17.3 Å². The second-order valence-electron chi connectivity index (χ2n) is 5.07. The van der Waals surface area contributed by atoms with Crippen LogP contribution in [0, 0.1) is 16.0 Å². The summed E-state index contributed by atoms with van der Waals surface area (Å²) in [5.74, 6) is 0.547. The molecular weight excluding hydrogens is 294 g/mol. The number of nitrogens with one attached hydrogen (secondary N) is 1. The van der Waals surface area contributed by atoms with Gasteiger partial charge in [0.2, 0.25) is 0 Å². The summed E-state index contributed by atoms with van der Waals surface area (Å²) in [6, 6.07) is 4.21. The Balaban J connectivity index is 2.17. The first-order valence-corrected chi connectivity index (χ1v) is 6.91. The van der Waals surface area contributed by atoms with E-state index >= 15 is 0 Å². The quantitative estimate of drug-likeness (QED) is 0.654. The van der Waals surface area contributed by atoms with Gasteiger partial charge in [-0.05, 0) is 18.5 Å². The third-order valence-corrected chi connectivity index (χ3v) is 3.11. The molecule has 0 aliphatic heterocycles. The Hall–Kier alpha value is -1.99. The summed E-state index contributed by atoms with van der Waals surface area (Å²) in [5, 5.41) is 22.4. The van der Waals surface area contributed by atoms with Crippen LogP contribution in [0.2, 0.25) is 5.02 Å². The minimum absolute atomic E-state index is 0.0376. The minimum Gasteiger partial charge on any atom is -0.311 e. The van der Waals surface area contributed by atoms with E-state index < -0.39 is 4.92 Å². The second-order valence-corrected chi connectivity index (χ2v) is 5.48. The zero-order valence-corrected chi connectivity index (χ0v) is 12.5. The number of aromatic nitrogens is 3. The third kappa shape index (κ3) is 3.99. The van der Waals surface area contributed by atoms with Crippen LogP contribution in [0.25, 0.3) is 5.69 Å². The van der Waals surface area contributed by atoms with Gasteiger partial charge < -0.3 is 5.32 Å². The number of nitro groups is 1. The fourth-order valence-corrected chi connectivity index (χ4v) is 1.98. The fraction of sp³-hybridized carbons (Fsp3) is 0.385. The zero-order chi connectivity index (χ0) is 15.4. The lowest BCUT2D eigenvalue weighted by molar-refractivity contribution is -0.384. The average molecular weight is 310 g/mol. The maximum Gasteiger partial charge on any atom is 0.271 e. The van der Waals surface area contributed by atoms with Crippen LogP contribution in [0.4, 0.5) is 5.69 Å². The molecule has 112 valence electrons. The van der Waals surface area contributed by atoms with E-state index in [1.807, 2.05) is 0 Å². The number of nitro benzene ring substituents is 1. The Bertz CT molecular complexity index is 641. The lowest BCUT2D eigenvalue weighted by Gasteiger charge is -2.04. The molecule has 0 bridgehead atoms. The van der Waals surface area contributed by atoms with Crippen molar-refractivity contribution in [1.82, 2.24) is 20.3 Å². The molecule has 0 saturated heterocycles. The number of non-ortho nitro benzene ring substituents is 1. The average Bonchev–Trinajstić information content (AvgIpc) is 2.87. The molecular formula is C13H16ClN5O2. The van der Waals surface area contributed by atoms with Gasteiger partial charge in [0.25, 0.3) is 5.69 Å². The third-order valence-electron chi connectivity index (χ3n) is 2.79. The van der Waals surface area contributed by atoms with Crippen LogP contribution in [0.15, 0.2) is 24.4 Å². The highest BCUT2D eigenvalue weighted by Crippen LogP contribution is 2.24. The van der Waals surface area contributed by atoms with E-state index in [0.29, 0.717) is 23.2 Å². The largest absolute Gasteiger partial charge is 0.311 e. The van der Waals surface area contributed by atoms with Gasteiger partial charge in [-0.2, -0.15) is 0 Å². The molecule has 0 aliphatic carbocycles. The Morgan fingerprint density at radius 3 is 2.90 bits per heavy atom. The molecule has 1 heterocycles. The summed E-state index contributed by atoms with van der Waals surface area (Å²) in [5.41, 5.74) is 1.15. The molecule has 2 rings (SSSR count). The van der Waals surface area contributed by atoms with E-state index in [9.17, 15) is 10.1 Å². The van der Waals surface area contributed by atoms with Gasteiger partial charge in [-0.1, -0.05) is 30.7 Å². The summed E-state index contributed by atoms with van der Waals surface area (Å²) < 4.78 is 1.45. The van der Waals surface area contributed by atoms with Crippen molar-refractivity contribution in [3.63, 3.8) is 0 Å². The lowest BCUT2D eigenvalue weighted by Crippen LogP contribution is -2.19. The van der Waals surface area contributed by atoms with Crippen molar-refractivity contribution in [3.05, 3.63) is 45.2 Å². The molecule has 7 nitrogen and oxygen atoms in total. The predicted molar refractivity (Wildman–Crippen MR) is 79.6 cm³/mol. The molecule has 0 aliphatic rings. The number of hydrogen-bond acceptors (Lipinski definition) is 5. The van der Waals surface area contributed by atoms with Crippen LogP contribution in [-0.4, -0.2) is 26.5 Å². The number of halogens is 1. The van der Waals surface area contributed by atoms with Crippen molar-refractivity contribution in [3.8, 4) is 5.69 Å². The van der Waals surface area contributed by atoms with E-state index in [-0.39, 0.29) is 5.69 Å². The van der Waals surface area contributed by atoms with Gasteiger partial charge in [0.15, 0.2) is 0 Å². The highest BCUT2D eigenvalue weighted by Gasteiger charge is 2.12. The maximum absolute atomic E-state index is 10.8. The molecule has 0 spiro atoms. The zero-order valence-electron chi connectivity index (χ0n) is 11.8. The molecule has 2 aromatic rings. The van der Waals surface area contributed by atoms with Crippen molar-refractivity contribution in [1.29, 1.82) is 0 Å². The highest BCUT2D eigenvalue weighted by atomic mass is 35.5. The Morgan fingerprint density at radius 2 is 2.24 bits per heavy atom. The van der Waals surface area contributed by atoms with Gasteiger partial charge in [0.05, 0.1) is 27.5 Å². The molecule has 0 radical (unpaired) electrons. The lowest BCUT2D eigenvalue weighted by atomic mass is 10.2. The summed E-state index contributed by atoms with van der Waals surface area (Å²) >= 11 is 6.06. The molecule has 1 N–H and O–H groups in total. The fourth-order valence-electron chi connectivity index (χ4n) is 1.78. The molecule has 1 aromatic heterocycles. The van der Waals surface area contributed by atoms with Crippen LogP contribution >= 0.6 is 11.6 Å². The van der Waals surface area contributed by atoms with E-state index in [2.05, 4.69) is 29.5 Å². The monoisotopic (exact) mass is 309 g/mol. The molecule has 0 amide bonds. The summed E-state index contributed by atoms with van der Waals surface area (Å²) in [4.78, 5) is 10.3. The molecule has 0 atom stereocenters. The highest BCUT2D eigenvalue weighted by molar-refractivity contribution is 6.32. The Labute approximate surface area is 127 Å².